The monoisotopic (exact) mass is 295 g/mol. The predicted molar refractivity (Wildman–Crippen MR) is 86.0 cm³/mol. The Kier molecular flexibility index (Phi) is 6.99. The van der Waals surface area contributed by atoms with E-state index in [0.717, 1.165) is 17.1 Å². The van der Waals surface area contributed by atoms with E-state index >= 15 is 0 Å². The summed E-state index contributed by atoms with van der Waals surface area (Å²) >= 11 is 0. The van der Waals surface area contributed by atoms with E-state index < -0.39 is 6.10 Å². The predicted octanol–water partition coefficient (Wildman–Crippen LogP) is 3.12. The van der Waals surface area contributed by atoms with Crippen LogP contribution in [0.15, 0.2) is 18.2 Å². The van der Waals surface area contributed by atoms with Gasteiger partial charge in [-0.2, -0.15) is 0 Å². The van der Waals surface area contributed by atoms with Gasteiger partial charge >= 0.3 is 0 Å². The molecule has 4 nitrogen and oxygen atoms in total. The van der Waals surface area contributed by atoms with Crippen LogP contribution in [0.2, 0.25) is 0 Å². The Hall–Kier alpha value is -1.26. The van der Waals surface area contributed by atoms with Crippen LogP contribution < -0.4 is 14.8 Å². The zero-order valence-electron chi connectivity index (χ0n) is 13.9. The molecule has 0 amide bonds. The van der Waals surface area contributed by atoms with E-state index in [1.165, 1.54) is 0 Å². The summed E-state index contributed by atoms with van der Waals surface area (Å²) in [5, 5.41) is 13.2. The largest absolute Gasteiger partial charge is 0.490 e. The fourth-order valence-corrected chi connectivity index (χ4v) is 1.79. The fourth-order valence-electron chi connectivity index (χ4n) is 1.79. The lowest BCUT2D eigenvalue weighted by atomic mass is 10.1. The SMILES string of the molecule is CCOc1cccc(CNC(C)(C)C)c1OCC(O)CC. The van der Waals surface area contributed by atoms with Crippen LogP contribution in [0, 0.1) is 0 Å². The average molecular weight is 295 g/mol. The van der Waals surface area contributed by atoms with E-state index in [-0.39, 0.29) is 12.1 Å². The third-order valence-corrected chi connectivity index (χ3v) is 3.06. The molecule has 1 rings (SSSR count). The van der Waals surface area contributed by atoms with Crippen LogP contribution in [0.4, 0.5) is 0 Å². The van der Waals surface area contributed by atoms with Gasteiger partial charge < -0.3 is 19.9 Å². The standard InChI is InChI=1S/C17H29NO3/c1-6-14(19)12-21-16-13(11-18-17(3,4)5)9-8-10-15(16)20-7-2/h8-10,14,18-19H,6-7,11-12H2,1-5H3. The summed E-state index contributed by atoms with van der Waals surface area (Å²) in [5.41, 5.74) is 1.07. The maximum atomic E-state index is 9.71. The molecule has 0 aliphatic carbocycles. The molecule has 0 aromatic heterocycles. The lowest BCUT2D eigenvalue weighted by Gasteiger charge is -2.23. The van der Waals surface area contributed by atoms with Gasteiger partial charge in [0.1, 0.15) is 6.61 Å². The Morgan fingerprint density at radius 1 is 1.19 bits per heavy atom. The topological polar surface area (TPSA) is 50.7 Å². The maximum Gasteiger partial charge on any atom is 0.165 e. The fraction of sp³-hybridized carbons (Fsp3) is 0.647. The molecule has 2 N–H and O–H groups in total. The molecule has 0 saturated carbocycles. The van der Waals surface area contributed by atoms with Gasteiger partial charge in [0.25, 0.3) is 0 Å². The van der Waals surface area contributed by atoms with Crippen LogP contribution in [0.3, 0.4) is 0 Å². The maximum absolute atomic E-state index is 9.71. The Bertz CT molecular complexity index is 427. The molecule has 0 aliphatic heterocycles. The Labute approximate surface area is 128 Å². The molecule has 0 fully saturated rings. The van der Waals surface area contributed by atoms with Gasteiger partial charge in [0.15, 0.2) is 11.5 Å². The number of aliphatic hydroxyl groups excluding tert-OH is 1. The van der Waals surface area contributed by atoms with Gasteiger partial charge in [-0.1, -0.05) is 19.1 Å². The Balaban J connectivity index is 2.91. The van der Waals surface area contributed by atoms with Gasteiger partial charge in [0.05, 0.1) is 12.7 Å². The molecular formula is C17H29NO3. The highest BCUT2D eigenvalue weighted by molar-refractivity contribution is 5.46. The molecule has 21 heavy (non-hydrogen) atoms. The minimum absolute atomic E-state index is 0.0296. The number of benzene rings is 1. The molecule has 0 radical (unpaired) electrons. The molecule has 1 unspecified atom stereocenters. The summed E-state index contributed by atoms with van der Waals surface area (Å²) in [4.78, 5) is 0. The number of hydrogen-bond acceptors (Lipinski definition) is 4. The molecule has 1 atom stereocenters. The Morgan fingerprint density at radius 2 is 1.90 bits per heavy atom. The Morgan fingerprint density at radius 3 is 2.48 bits per heavy atom. The van der Waals surface area contributed by atoms with Crippen LogP contribution in [-0.2, 0) is 6.54 Å². The molecule has 1 aromatic carbocycles. The van der Waals surface area contributed by atoms with Crippen molar-refractivity contribution in [1.29, 1.82) is 0 Å². The number of hydrogen-bond donors (Lipinski definition) is 2. The van der Waals surface area contributed by atoms with Crippen molar-refractivity contribution in [1.82, 2.24) is 5.32 Å². The molecule has 0 saturated heterocycles. The minimum atomic E-state index is -0.455. The molecule has 4 heteroatoms. The summed E-state index contributed by atoms with van der Waals surface area (Å²) in [6, 6.07) is 5.89. The van der Waals surface area contributed by atoms with Crippen molar-refractivity contribution >= 4 is 0 Å². The van der Waals surface area contributed by atoms with E-state index in [2.05, 4.69) is 26.1 Å². The average Bonchev–Trinajstić information content (AvgIpc) is 2.43. The van der Waals surface area contributed by atoms with Crippen molar-refractivity contribution < 1.29 is 14.6 Å². The first-order chi connectivity index (χ1) is 9.87. The lowest BCUT2D eigenvalue weighted by molar-refractivity contribution is 0.101. The lowest BCUT2D eigenvalue weighted by Crippen LogP contribution is -2.35. The molecule has 0 spiro atoms. The number of aliphatic hydroxyl groups is 1. The number of ether oxygens (including phenoxy) is 2. The highest BCUT2D eigenvalue weighted by Gasteiger charge is 2.15. The third-order valence-electron chi connectivity index (χ3n) is 3.06. The zero-order chi connectivity index (χ0) is 15.9. The van der Waals surface area contributed by atoms with Gasteiger partial charge in [-0.15, -0.1) is 0 Å². The molecule has 0 heterocycles. The minimum Gasteiger partial charge on any atom is -0.490 e. The van der Waals surface area contributed by atoms with Gasteiger partial charge in [-0.3, -0.25) is 0 Å². The molecule has 120 valence electrons. The van der Waals surface area contributed by atoms with Crippen LogP contribution >= 0.6 is 0 Å². The molecule has 0 bridgehead atoms. The summed E-state index contributed by atoms with van der Waals surface area (Å²) in [5.74, 6) is 1.46. The summed E-state index contributed by atoms with van der Waals surface area (Å²) < 4.78 is 11.5. The smallest absolute Gasteiger partial charge is 0.165 e. The van der Waals surface area contributed by atoms with Crippen LogP contribution in [0.25, 0.3) is 0 Å². The summed E-state index contributed by atoms with van der Waals surface area (Å²) in [6.45, 7) is 11.8. The number of rotatable bonds is 8. The molecular weight excluding hydrogens is 266 g/mol. The molecule has 1 aromatic rings. The summed E-state index contributed by atoms with van der Waals surface area (Å²) in [6.07, 6.45) is 0.218. The number of nitrogens with one attached hydrogen (secondary N) is 1. The van der Waals surface area contributed by atoms with Crippen molar-refractivity contribution in [3.63, 3.8) is 0 Å². The normalized spacial score (nSPS) is 13.0. The zero-order valence-corrected chi connectivity index (χ0v) is 13.9. The second-order valence-electron chi connectivity index (χ2n) is 6.15. The highest BCUT2D eigenvalue weighted by Crippen LogP contribution is 2.32. The van der Waals surface area contributed by atoms with Gasteiger partial charge in [-0.05, 0) is 40.2 Å². The first-order valence-corrected chi connectivity index (χ1v) is 7.68. The van der Waals surface area contributed by atoms with Crippen LogP contribution in [0.1, 0.15) is 46.6 Å². The third kappa shape index (κ3) is 6.36. The second-order valence-corrected chi connectivity index (χ2v) is 6.15. The van der Waals surface area contributed by atoms with Crippen molar-refractivity contribution in [2.45, 2.75) is 59.2 Å². The number of para-hydroxylation sites is 1. The first-order valence-electron chi connectivity index (χ1n) is 7.68. The second kappa shape index (κ2) is 8.25. The van der Waals surface area contributed by atoms with Gasteiger partial charge in [0.2, 0.25) is 0 Å². The van der Waals surface area contributed by atoms with E-state index in [1.54, 1.807) is 0 Å². The van der Waals surface area contributed by atoms with E-state index in [4.69, 9.17) is 9.47 Å². The first kappa shape index (κ1) is 17.8. The van der Waals surface area contributed by atoms with Crippen molar-refractivity contribution in [2.24, 2.45) is 0 Å². The van der Waals surface area contributed by atoms with Gasteiger partial charge in [-0.25, -0.2) is 0 Å². The van der Waals surface area contributed by atoms with Crippen molar-refractivity contribution in [2.75, 3.05) is 13.2 Å². The van der Waals surface area contributed by atoms with Crippen LogP contribution in [0.5, 0.6) is 11.5 Å². The van der Waals surface area contributed by atoms with Gasteiger partial charge in [0, 0.05) is 17.6 Å². The molecule has 0 aliphatic rings. The van der Waals surface area contributed by atoms with E-state index in [9.17, 15) is 5.11 Å². The highest BCUT2D eigenvalue weighted by atomic mass is 16.5. The van der Waals surface area contributed by atoms with E-state index in [1.807, 2.05) is 32.0 Å². The van der Waals surface area contributed by atoms with Crippen molar-refractivity contribution in [3.8, 4) is 11.5 Å². The van der Waals surface area contributed by atoms with Crippen LogP contribution in [-0.4, -0.2) is 30.0 Å². The quantitative estimate of drug-likeness (QED) is 0.773. The van der Waals surface area contributed by atoms with Crippen molar-refractivity contribution in [3.05, 3.63) is 23.8 Å². The van der Waals surface area contributed by atoms with E-state index in [0.29, 0.717) is 19.6 Å². The summed E-state index contributed by atoms with van der Waals surface area (Å²) in [7, 11) is 0.